The van der Waals surface area contributed by atoms with Gasteiger partial charge in [-0.15, -0.1) is 0 Å². The molecular weight excluding hydrogens is 326 g/mol. The largest absolute Gasteiger partial charge is 0.465 e. The molecule has 0 spiro atoms. The van der Waals surface area contributed by atoms with Gasteiger partial charge in [-0.3, -0.25) is 4.31 Å². The van der Waals surface area contributed by atoms with E-state index in [-0.39, 0.29) is 10.9 Å². The molecule has 6 heteroatoms. The number of nitrogens with zero attached hydrogens (tertiary/aromatic N) is 1. The summed E-state index contributed by atoms with van der Waals surface area (Å²) in [6.45, 7) is 1.91. The van der Waals surface area contributed by atoms with Gasteiger partial charge in [0.25, 0.3) is 10.0 Å². The van der Waals surface area contributed by atoms with Crippen LogP contribution in [0, 0.1) is 0 Å². The van der Waals surface area contributed by atoms with E-state index < -0.39 is 16.0 Å². The maximum atomic E-state index is 13.1. The molecule has 1 atom stereocenters. The van der Waals surface area contributed by atoms with Crippen molar-refractivity contribution in [1.29, 1.82) is 0 Å². The van der Waals surface area contributed by atoms with Crippen molar-refractivity contribution in [2.45, 2.75) is 30.7 Å². The maximum absolute atomic E-state index is 13.1. The molecule has 0 aromatic heterocycles. The molecule has 2 aromatic rings. The van der Waals surface area contributed by atoms with Crippen LogP contribution in [0.4, 0.5) is 5.69 Å². The van der Waals surface area contributed by atoms with E-state index in [4.69, 9.17) is 0 Å². The first-order valence-electron chi connectivity index (χ1n) is 7.76. The van der Waals surface area contributed by atoms with Gasteiger partial charge in [-0.1, -0.05) is 18.2 Å². The molecule has 0 saturated carbocycles. The Hall–Kier alpha value is -2.34. The molecule has 0 radical (unpaired) electrons. The second-order valence-electron chi connectivity index (χ2n) is 5.83. The summed E-state index contributed by atoms with van der Waals surface area (Å²) in [5.41, 5.74) is 2.09. The third kappa shape index (κ3) is 2.78. The van der Waals surface area contributed by atoms with Crippen molar-refractivity contribution in [3.8, 4) is 0 Å². The van der Waals surface area contributed by atoms with Crippen molar-refractivity contribution >= 4 is 21.7 Å². The monoisotopic (exact) mass is 345 g/mol. The number of carbonyl (C=O) groups is 1. The second kappa shape index (κ2) is 6.28. The molecule has 0 aliphatic carbocycles. The lowest BCUT2D eigenvalue weighted by Crippen LogP contribution is -2.42. The fourth-order valence-corrected chi connectivity index (χ4v) is 4.74. The van der Waals surface area contributed by atoms with Crippen molar-refractivity contribution in [1.82, 2.24) is 0 Å². The Bertz CT molecular complexity index is 859. The lowest BCUT2D eigenvalue weighted by Gasteiger charge is -2.36. The van der Waals surface area contributed by atoms with Gasteiger partial charge in [-0.2, -0.15) is 0 Å². The minimum atomic E-state index is -3.69. The molecule has 0 N–H and O–H groups in total. The van der Waals surface area contributed by atoms with Crippen molar-refractivity contribution in [3.05, 3.63) is 59.7 Å². The molecule has 126 valence electrons. The summed E-state index contributed by atoms with van der Waals surface area (Å²) in [5, 5.41) is 0. The van der Waals surface area contributed by atoms with Gasteiger partial charge in [0.05, 0.1) is 23.3 Å². The first-order chi connectivity index (χ1) is 11.4. The predicted molar refractivity (Wildman–Crippen MR) is 91.7 cm³/mol. The fourth-order valence-electron chi connectivity index (χ4n) is 3.02. The number of rotatable bonds is 3. The number of hydrogen-bond acceptors (Lipinski definition) is 4. The number of anilines is 1. The van der Waals surface area contributed by atoms with Crippen LogP contribution in [0.1, 0.15) is 29.3 Å². The van der Waals surface area contributed by atoms with Crippen LogP contribution in [0.15, 0.2) is 53.4 Å². The highest BCUT2D eigenvalue weighted by atomic mass is 32.2. The summed E-state index contributed by atoms with van der Waals surface area (Å²) in [5.74, 6) is -0.490. The van der Waals surface area contributed by atoms with Crippen molar-refractivity contribution in [2.75, 3.05) is 11.4 Å². The van der Waals surface area contributed by atoms with Gasteiger partial charge >= 0.3 is 5.97 Å². The number of hydrogen-bond donors (Lipinski definition) is 0. The van der Waals surface area contributed by atoms with Crippen molar-refractivity contribution in [3.63, 3.8) is 0 Å². The van der Waals surface area contributed by atoms with Gasteiger partial charge in [0.2, 0.25) is 0 Å². The zero-order valence-corrected chi connectivity index (χ0v) is 14.4. The number of fused-ring (bicyclic) bond motifs is 1. The molecule has 24 heavy (non-hydrogen) atoms. The first kappa shape index (κ1) is 16.5. The van der Waals surface area contributed by atoms with Gasteiger partial charge in [0.15, 0.2) is 0 Å². The standard InChI is InChI=1S/C18H19NO4S/c1-13-7-8-14-5-3-4-6-17(14)19(13)24(21,22)16-11-9-15(10-12-16)18(20)23-2/h3-6,9-13H,7-8H2,1-2H3/t13-/m1/s1. The Kier molecular flexibility index (Phi) is 4.32. The Morgan fingerprint density at radius 2 is 1.79 bits per heavy atom. The Balaban J connectivity index is 2.03. The summed E-state index contributed by atoms with van der Waals surface area (Å²) in [4.78, 5) is 11.7. The van der Waals surface area contributed by atoms with E-state index in [2.05, 4.69) is 4.74 Å². The van der Waals surface area contributed by atoms with Gasteiger partial charge in [-0.05, 0) is 55.7 Å². The minimum Gasteiger partial charge on any atom is -0.465 e. The average Bonchev–Trinajstić information content (AvgIpc) is 2.60. The molecular formula is C18H19NO4S. The van der Waals surface area contributed by atoms with Crippen LogP contribution in [0.3, 0.4) is 0 Å². The van der Waals surface area contributed by atoms with E-state index in [0.29, 0.717) is 5.56 Å². The maximum Gasteiger partial charge on any atom is 0.337 e. The third-order valence-electron chi connectivity index (χ3n) is 4.29. The van der Waals surface area contributed by atoms with E-state index in [9.17, 15) is 13.2 Å². The molecule has 0 fully saturated rings. The minimum absolute atomic E-state index is 0.120. The zero-order valence-electron chi connectivity index (χ0n) is 13.6. The van der Waals surface area contributed by atoms with E-state index in [1.165, 1.54) is 35.7 Å². The number of methoxy groups -OCH3 is 1. The number of esters is 1. The van der Waals surface area contributed by atoms with E-state index >= 15 is 0 Å². The molecule has 0 amide bonds. The average molecular weight is 345 g/mol. The third-order valence-corrected chi connectivity index (χ3v) is 6.24. The molecule has 1 heterocycles. The van der Waals surface area contributed by atoms with Crippen molar-refractivity contribution in [2.24, 2.45) is 0 Å². The highest BCUT2D eigenvalue weighted by Crippen LogP contribution is 2.35. The van der Waals surface area contributed by atoms with Crippen LogP contribution >= 0.6 is 0 Å². The Morgan fingerprint density at radius 1 is 1.12 bits per heavy atom. The van der Waals surface area contributed by atoms with Gasteiger partial charge < -0.3 is 4.74 Å². The van der Waals surface area contributed by atoms with Gasteiger partial charge in [-0.25, -0.2) is 13.2 Å². The van der Waals surface area contributed by atoms with Crippen LogP contribution in [0.2, 0.25) is 0 Å². The molecule has 0 bridgehead atoms. The lowest BCUT2D eigenvalue weighted by molar-refractivity contribution is 0.0600. The highest BCUT2D eigenvalue weighted by molar-refractivity contribution is 7.92. The van der Waals surface area contributed by atoms with E-state index in [1.54, 1.807) is 0 Å². The van der Waals surface area contributed by atoms with Crippen LogP contribution in [-0.4, -0.2) is 27.5 Å². The lowest BCUT2D eigenvalue weighted by atomic mass is 9.99. The Morgan fingerprint density at radius 3 is 2.46 bits per heavy atom. The SMILES string of the molecule is COC(=O)c1ccc(S(=O)(=O)N2c3ccccc3CC[C@H]2C)cc1. The zero-order chi connectivity index (χ0) is 17.3. The number of benzene rings is 2. The van der Waals surface area contributed by atoms with E-state index in [1.807, 2.05) is 31.2 Å². The number of sulfonamides is 1. The van der Waals surface area contributed by atoms with Crippen LogP contribution < -0.4 is 4.31 Å². The molecule has 2 aromatic carbocycles. The fraction of sp³-hybridized carbons (Fsp3) is 0.278. The molecule has 1 aliphatic heterocycles. The summed E-state index contributed by atoms with van der Waals surface area (Å²) >= 11 is 0. The van der Waals surface area contributed by atoms with Crippen LogP contribution in [-0.2, 0) is 21.2 Å². The summed E-state index contributed by atoms with van der Waals surface area (Å²) in [6, 6.07) is 13.3. The number of aryl methyl sites for hydroxylation is 1. The normalized spacial score (nSPS) is 17.2. The topological polar surface area (TPSA) is 63.7 Å². The second-order valence-corrected chi connectivity index (χ2v) is 7.65. The Labute approximate surface area is 141 Å². The summed E-state index contributed by atoms with van der Waals surface area (Å²) < 4.78 is 32.4. The number of ether oxygens (including phenoxy) is 1. The van der Waals surface area contributed by atoms with Gasteiger partial charge in [0.1, 0.15) is 0 Å². The van der Waals surface area contributed by atoms with Crippen molar-refractivity contribution < 1.29 is 17.9 Å². The highest BCUT2D eigenvalue weighted by Gasteiger charge is 2.33. The van der Waals surface area contributed by atoms with Crippen LogP contribution in [0.5, 0.6) is 0 Å². The first-order valence-corrected chi connectivity index (χ1v) is 9.20. The summed E-state index contributed by atoms with van der Waals surface area (Å²) in [6.07, 6.45) is 1.64. The molecule has 0 saturated heterocycles. The molecule has 0 unspecified atom stereocenters. The molecule has 5 nitrogen and oxygen atoms in total. The van der Waals surface area contributed by atoms with E-state index in [0.717, 1.165) is 24.1 Å². The molecule has 3 rings (SSSR count). The summed E-state index contributed by atoms with van der Waals surface area (Å²) in [7, 11) is -2.40. The number of para-hydroxylation sites is 1. The quantitative estimate of drug-likeness (QED) is 0.802. The smallest absolute Gasteiger partial charge is 0.337 e. The predicted octanol–water partition coefficient (Wildman–Crippen LogP) is 3.00. The van der Waals surface area contributed by atoms with Gasteiger partial charge in [0, 0.05) is 6.04 Å². The molecule has 1 aliphatic rings. The van der Waals surface area contributed by atoms with Crippen LogP contribution in [0.25, 0.3) is 0 Å². The number of carbonyl (C=O) groups excluding carboxylic acids is 1.